The van der Waals surface area contributed by atoms with E-state index in [0.29, 0.717) is 0 Å². The highest BCUT2D eigenvalue weighted by molar-refractivity contribution is 14.1. The Hall–Kier alpha value is -1.89. The van der Waals surface area contributed by atoms with Crippen LogP contribution in [-0.2, 0) is 0 Å². The maximum absolute atomic E-state index is 10.6. The van der Waals surface area contributed by atoms with Gasteiger partial charge in [-0.25, -0.2) is 0 Å². The molecule has 0 aliphatic carbocycles. The van der Waals surface area contributed by atoms with Gasteiger partial charge in [0, 0.05) is 33.0 Å². The van der Waals surface area contributed by atoms with E-state index in [9.17, 15) is 10.1 Å². The van der Waals surface area contributed by atoms with Gasteiger partial charge < -0.3 is 4.57 Å². The van der Waals surface area contributed by atoms with E-state index in [1.54, 1.807) is 12.1 Å². The SMILES string of the molecule is O=[N+]([O-])c1ccc(-n2ccc3cc(I)ccc32)cc1. The first kappa shape index (κ1) is 12.2. The van der Waals surface area contributed by atoms with Crippen LogP contribution in [-0.4, -0.2) is 9.49 Å². The summed E-state index contributed by atoms with van der Waals surface area (Å²) in [6, 6.07) is 14.8. The smallest absolute Gasteiger partial charge is 0.269 e. The van der Waals surface area contributed by atoms with E-state index in [1.165, 1.54) is 15.7 Å². The van der Waals surface area contributed by atoms with Crippen molar-refractivity contribution in [2.24, 2.45) is 0 Å². The fraction of sp³-hybridized carbons (Fsp3) is 0. The number of fused-ring (bicyclic) bond motifs is 1. The van der Waals surface area contributed by atoms with Crippen LogP contribution >= 0.6 is 22.6 Å². The molecule has 94 valence electrons. The molecule has 4 nitrogen and oxygen atoms in total. The third-order valence-electron chi connectivity index (χ3n) is 2.99. The molecule has 19 heavy (non-hydrogen) atoms. The number of hydrogen-bond acceptors (Lipinski definition) is 2. The molecule has 0 aliphatic rings. The lowest BCUT2D eigenvalue weighted by Gasteiger charge is -2.05. The van der Waals surface area contributed by atoms with Crippen LogP contribution in [0.2, 0.25) is 0 Å². The molecule has 0 radical (unpaired) electrons. The van der Waals surface area contributed by atoms with E-state index in [2.05, 4.69) is 34.7 Å². The van der Waals surface area contributed by atoms with Gasteiger partial charge in [0.1, 0.15) is 0 Å². The average molecular weight is 364 g/mol. The highest BCUT2D eigenvalue weighted by Gasteiger charge is 2.07. The number of nitro benzene ring substituents is 1. The quantitative estimate of drug-likeness (QED) is 0.390. The van der Waals surface area contributed by atoms with Crippen molar-refractivity contribution < 1.29 is 4.92 Å². The van der Waals surface area contributed by atoms with Gasteiger partial charge in [0.15, 0.2) is 0 Å². The molecule has 0 amide bonds. The van der Waals surface area contributed by atoms with E-state index >= 15 is 0 Å². The number of aromatic nitrogens is 1. The normalized spacial score (nSPS) is 10.8. The number of nitro groups is 1. The lowest BCUT2D eigenvalue weighted by atomic mass is 10.2. The number of rotatable bonds is 2. The summed E-state index contributed by atoms with van der Waals surface area (Å²) >= 11 is 2.28. The molecule has 0 N–H and O–H groups in total. The molecule has 3 aromatic rings. The van der Waals surface area contributed by atoms with E-state index in [1.807, 2.05) is 22.9 Å². The minimum absolute atomic E-state index is 0.106. The molecular weight excluding hydrogens is 355 g/mol. The summed E-state index contributed by atoms with van der Waals surface area (Å²) in [4.78, 5) is 10.3. The first-order chi connectivity index (χ1) is 9.15. The molecule has 2 aromatic carbocycles. The summed E-state index contributed by atoms with van der Waals surface area (Å²) in [5.74, 6) is 0. The van der Waals surface area contributed by atoms with Gasteiger partial charge in [0.05, 0.1) is 10.4 Å². The second kappa shape index (κ2) is 4.65. The van der Waals surface area contributed by atoms with Crippen molar-refractivity contribution in [2.45, 2.75) is 0 Å². The van der Waals surface area contributed by atoms with Gasteiger partial charge in [-0.05, 0) is 59.0 Å². The fourth-order valence-electron chi connectivity index (χ4n) is 2.07. The van der Waals surface area contributed by atoms with Crippen LogP contribution in [0.15, 0.2) is 54.7 Å². The van der Waals surface area contributed by atoms with E-state index in [-0.39, 0.29) is 10.6 Å². The molecule has 0 fully saturated rings. The van der Waals surface area contributed by atoms with Gasteiger partial charge >= 0.3 is 0 Å². The summed E-state index contributed by atoms with van der Waals surface area (Å²) in [7, 11) is 0. The van der Waals surface area contributed by atoms with Gasteiger partial charge in [-0.2, -0.15) is 0 Å². The zero-order valence-corrected chi connectivity index (χ0v) is 11.9. The molecule has 1 heterocycles. The predicted molar refractivity (Wildman–Crippen MR) is 82.6 cm³/mol. The van der Waals surface area contributed by atoms with E-state index in [4.69, 9.17) is 0 Å². The third kappa shape index (κ3) is 2.21. The monoisotopic (exact) mass is 364 g/mol. The van der Waals surface area contributed by atoms with Crippen molar-refractivity contribution in [1.29, 1.82) is 0 Å². The van der Waals surface area contributed by atoms with Crippen LogP contribution in [0.3, 0.4) is 0 Å². The summed E-state index contributed by atoms with van der Waals surface area (Å²) < 4.78 is 3.21. The molecule has 5 heteroatoms. The van der Waals surface area contributed by atoms with Crippen molar-refractivity contribution in [1.82, 2.24) is 4.57 Å². The van der Waals surface area contributed by atoms with Crippen molar-refractivity contribution in [3.63, 3.8) is 0 Å². The standard InChI is InChI=1S/C14H9IN2O2/c15-11-1-6-14-10(9-11)7-8-16(14)12-2-4-13(5-3-12)17(18)19/h1-9H. The molecule has 3 rings (SSSR count). The largest absolute Gasteiger partial charge is 0.317 e. The Bertz CT molecular complexity index is 763. The second-order valence-electron chi connectivity index (χ2n) is 4.16. The molecule has 0 saturated carbocycles. The number of nitrogens with zero attached hydrogens (tertiary/aromatic N) is 2. The van der Waals surface area contributed by atoms with Gasteiger partial charge in [-0.15, -0.1) is 0 Å². The number of benzene rings is 2. The topological polar surface area (TPSA) is 48.1 Å². The fourth-order valence-corrected chi connectivity index (χ4v) is 2.59. The summed E-state index contributed by atoms with van der Waals surface area (Å²) in [6.07, 6.45) is 1.97. The van der Waals surface area contributed by atoms with Crippen LogP contribution < -0.4 is 0 Å². The summed E-state index contributed by atoms with van der Waals surface area (Å²) in [5.41, 5.74) is 2.12. The lowest BCUT2D eigenvalue weighted by molar-refractivity contribution is -0.384. The Kier molecular flexibility index (Phi) is 2.98. The number of hydrogen-bond donors (Lipinski definition) is 0. The van der Waals surface area contributed by atoms with Gasteiger partial charge in [0.25, 0.3) is 5.69 Å². The van der Waals surface area contributed by atoms with E-state index in [0.717, 1.165) is 16.6 Å². The first-order valence-electron chi connectivity index (χ1n) is 5.66. The van der Waals surface area contributed by atoms with Crippen LogP contribution in [0.1, 0.15) is 0 Å². The van der Waals surface area contributed by atoms with Crippen LogP contribution in [0, 0.1) is 13.7 Å². The second-order valence-corrected chi connectivity index (χ2v) is 5.41. The van der Waals surface area contributed by atoms with Crippen molar-refractivity contribution >= 4 is 39.2 Å². The zero-order valence-electron chi connectivity index (χ0n) is 9.79. The maximum atomic E-state index is 10.6. The van der Waals surface area contributed by atoms with Gasteiger partial charge in [-0.3, -0.25) is 10.1 Å². The van der Waals surface area contributed by atoms with Crippen LogP contribution in [0.4, 0.5) is 5.69 Å². The molecule has 0 unspecified atom stereocenters. The van der Waals surface area contributed by atoms with Crippen LogP contribution in [0.25, 0.3) is 16.6 Å². The molecule has 0 bridgehead atoms. The van der Waals surface area contributed by atoms with Crippen molar-refractivity contribution in [3.8, 4) is 5.69 Å². The van der Waals surface area contributed by atoms with Gasteiger partial charge in [0.2, 0.25) is 0 Å². The molecule has 1 aromatic heterocycles. The minimum Gasteiger partial charge on any atom is -0.317 e. The minimum atomic E-state index is -0.389. The maximum Gasteiger partial charge on any atom is 0.269 e. The van der Waals surface area contributed by atoms with Crippen LogP contribution in [0.5, 0.6) is 0 Å². The number of halogens is 1. The predicted octanol–water partition coefficient (Wildman–Crippen LogP) is 4.14. The summed E-state index contributed by atoms with van der Waals surface area (Å²) in [6.45, 7) is 0. The Balaban J connectivity index is 2.11. The summed E-state index contributed by atoms with van der Waals surface area (Å²) in [5, 5.41) is 11.8. The third-order valence-corrected chi connectivity index (χ3v) is 3.66. The highest BCUT2D eigenvalue weighted by Crippen LogP contribution is 2.23. The first-order valence-corrected chi connectivity index (χ1v) is 6.74. The molecular formula is C14H9IN2O2. The number of non-ortho nitro benzene ring substituents is 1. The molecule has 0 saturated heterocycles. The Morgan fingerprint density at radius 3 is 2.47 bits per heavy atom. The highest BCUT2D eigenvalue weighted by atomic mass is 127. The van der Waals surface area contributed by atoms with Crippen molar-refractivity contribution in [2.75, 3.05) is 0 Å². The Morgan fingerprint density at radius 2 is 1.79 bits per heavy atom. The average Bonchev–Trinajstić information content (AvgIpc) is 2.81. The molecule has 0 spiro atoms. The Labute approximate surface area is 123 Å². The lowest BCUT2D eigenvalue weighted by Crippen LogP contribution is -1.93. The van der Waals surface area contributed by atoms with Gasteiger partial charge in [-0.1, -0.05) is 0 Å². The Morgan fingerprint density at radius 1 is 1.05 bits per heavy atom. The molecule has 0 aliphatic heterocycles. The van der Waals surface area contributed by atoms with Crippen molar-refractivity contribution in [3.05, 3.63) is 68.4 Å². The molecule has 0 atom stereocenters. The van der Waals surface area contributed by atoms with E-state index < -0.39 is 0 Å². The zero-order chi connectivity index (χ0) is 13.4.